The first-order chi connectivity index (χ1) is 24.7. The van der Waals surface area contributed by atoms with Crippen molar-refractivity contribution in [1.29, 1.82) is 0 Å². The highest BCUT2D eigenvalue weighted by Crippen LogP contribution is 2.34. The average molecular weight is 697 g/mol. The van der Waals surface area contributed by atoms with Gasteiger partial charge >= 0.3 is 0 Å². The van der Waals surface area contributed by atoms with Crippen LogP contribution in [-0.2, 0) is 22.5 Å². The van der Waals surface area contributed by atoms with Crippen molar-refractivity contribution in [1.82, 2.24) is 34.1 Å². The van der Waals surface area contributed by atoms with Gasteiger partial charge in [-0.15, -0.1) is 0 Å². The molecule has 6 heterocycles. The number of rotatable bonds is 2. The van der Waals surface area contributed by atoms with Crippen molar-refractivity contribution in [2.45, 2.75) is 57.3 Å². The summed E-state index contributed by atoms with van der Waals surface area (Å²) in [6, 6.07) is 11.5. The quantitative estimate of drug-likeness (QED) is 0.281. The van der Waals surface area contributed by atoms with Crippen LogP contribution in [0.15, 0.2) is 54.7 Å². The van der Waals surface area contributed by atoms with Gasteiger partial charge in [-0.25, -0.2) is 23.4 Å². The fourth-order valence-corrected chi connectivity index (χ4v) is 7.61. The second kappa shape index (κ2) is 13.1. The molecule has 0 saturated carbocycles. The monoisotopic (exact) mass is 696 g/mol. The number of imidazole rings is 1. The van der Waals surface area contributed by atoms with Gasteiger partial charge < -0.3 is 29.2 Å². The number of carbonyl (C=O) groups is 2. The lowest BCUT2D eigenvalue weighted by Gasteiger charge is -2.30. The molecule has 8 rings (SSSR count). The Bertz CT molecular complexity index is 2170. The number of likely N-dealkylation sites (tertiary alicyclic amines) is 1. The van der Waals surface area contributed by atoms with E-state index in [1.54, 1.807) is 34.7 Å². The van der Waals surface area contributed by atoms with E-state index in [1.807, 2.05) is 29.7 Å². The molecule has 12 nitrogen and oxygen atoms in total. The Morgan fingerprint density at radius 2 is 1.90 bits per heavy atom. The molecule has 1 N–H and O–H groups in total. The second-order valence-electron chi connectivity index (χ2n) is 13.5. The Kier molecular flexibility index (Phi) is 8.41. The van der Waals surface area contributed by atoms with E-state index in [2.05, 4.69) is 15.4 Å². The number of methoxy groups -OCH3 is 1. The molecule has 3 aromatic heterocycles. The van der Waals surface area contributed by atoms with Crippen LogP contribution in [0, 0.1) is 18.6 Å². The zero-order valence-electron chi connectivity index (χ0n) is 28.6. The predicted molar refractivity (Wildman–Crippen MR) is 185 cm³/mol. The first kappa shape index (κ1) is 32.8. The SMILES string of the molecule is CO[C@H]1CN(C)C(=O)[C@@H]2CC(CN2C(=O)c2cnn3c2CCCCOc2cc(F)ccc2-3)Nc2cccc(n2)-c2cc(F)cc3nc(C)n(c23)C1. The second-order valence-corrected chi connectivity index (χ2v) is 13.5. The van der Waals surface area contributed by atoms with Gasteiger partial charge in [0.15, 0.2) is 0 Å². The summed E-state index contributed by atoms with van der Waals surface area (Å²) in [5.74, 6) is 0.179. The molecular formula is C37H38F2N8O4. The molecule has 3 atom stereocenters. The number of ether oxygens (including phenoxy) is 2. The Labute approximate surface area is 293 Å². The molecule has 2 aromatic carbocycles. The van der Waals surface area contributed by atoms with E-state index < -0.39 is 23.8 Å². The van der Waals surface area contributed by atoms with Gasteiger partial charge in [-0.05, 0) is 62.9 Å². The molecule has 51 heavy (non-hydrogen) atoms. The van der Waals surface area contributed by atoms with Gasteiger partial charge in [0.05, 0.1) is 53.4 Å². The summed E-state index contributed by atoms with van der Waals surface area (Å²) in [6.07, 6.45) is 3.41. The Balaban J connectivity index is 1.18. The third-order valence-electron chi connectivity index (χ3n) is 10.1. The molecule has 1 saturated heterocycles. The Morgan fingerprint density at radius 1 is 1.04 bits per heavy atom. The third-order valence-corrected chi connectivity index (χ3v) is 10.1. The molecule has 0 radical (unpaired) electrons. The third kappa shape index (κ3) is 5.96. The molecule has 264 valence electrons. The maximum absolute atomic E-state index is 15.0. The maximum Gasteiger partial charge on any atom is 0.258 e. The Hall–Kier alpha value is -5.37. The number of pyridine rings is 1. The molecule has 14 heteroatoms. The minimum atomic E-state index is -0.782. The van der Waals surface area contributed by atoms with Crippen LogP contribution in [0.2, 0.25) is 0 Å². The van der Waals surface area contributed by atoms with Crippen molar-refractivity contribution in [2.75, 3.05) is 39.2 Å². The summed E-state index contributed by atoms with van der Waals surface area (Å²) in [6.45, 7) is 3.09. The molecular weight excluding hydrogens is 658 g/mol. The van der Waals surface area contributed by atoms with Gasteiger partial charge in [-0.2, -0.15) is 5.10 Å². The number of likely N-dealkylation sites (N-methyl/N-ethyl adjacent to an activating group) is 1. The molecule has 0 spiro atoms. The van der Waals surface area contributed by atoms with Gasteiger partial charge in [0, 0.05) is 51.0 Å². The minimum Gasteiger partial charge on any atom is -0.491 e. The number of aromatic nitrogens is 5. The molecule has 5 aromatic rings. The van der Waals surface area contributed by atoms with Gasteiger partial charge in [-0.3, -0.25) is 9.59 Å². The maximum atomic E-state index is 15.0. The summed E-state index contributed by atoms with van der Waals surface area (Å²) in [5.41, 5.74) is 4.00. The first-order valence-corrected chi connectivity index (χ1v) is 17.2. The highest BCUT2D eigenvalue weighted by atomic mass is 19.1. The number of nitrogens with zero attached hydrogens (tertiary/aromatic N) is 7. The fraction of sp³-hybridized carbons (Fsp3) is 0.378. The van der Waals surface area contributed by atoms with Crippen LogP contribution in [0.25, 0.3) is 28.0 Å². The number of nitrogens with one attached hydrogen (secondary N) is 1. The lowest BCUT2D eigenvalue weighted by molar-refractivity contribution is -0.135. The number of carbonyl (C=O) groups excluding carboxylic acids is 2. The van der Waals surface area contributed by atoms with E-state index in [0.29, 0.717) is 83.5 Å². The standard InChI is InChI=1S/C37H38F2N8O4/c1-21-41-29-14-23(39)13-26-28-7-6-9-34(43-28)42-24-16-32(37(49)44(2)19-25(50-3)20-45(21)35(26)29)46(18-24)36(48)27-17-40-47-30(27)8-4-5-12-51-33-15-22(38)10-11-31(33)47/h6-7,9-11,13-15,17,24-25,32H,4-5,8,12,16,18-20H2,1-3H3,(H,42,43)/t24?,25-,32-/m0/s1. The summed E-state index contributed by atoms with van der Waals surface area (Å²) in [5, 5.41) is 8.04. The van der Waals surface area contributed by atoms with Crippen LogP contribution in [0.4, 0.5) is 14.6 Å². The largest absolute Gasteiger partial charge is 0.491 e. The van der Waals surface area contributed by atoms with Crippen LogP contribution in [0.5, 0.6) is 5.75 Å². The molecule has 0 aliphatic carbocycles. The van der Waals surface area contributed by atoms with E-state index in [9.17, 15) is 18.4 Å². The van der Waals surface area contributed by atoms with Crippen molar-refractivity contribution in [3.8, 4) is 22.7 Å². The fourth-order valence-electron chi connectivity index (χ4n) is 7.61. The highest BCUT2D eigenvalue weighted by Gasteiger charge is 2.43. The van der Waals surface area contributed by atoms with Crippen LogP contribution in [0.3, 0.4) is 0 Å². The number of aryl methyl sites for hydroxylation is 1. The normalized spacial score (nSPS) is 20.6. The van der Waals surface area contributed by atoms with Gasteiger partial charge in [0.2, 0.25) is 5.91 Å². The van der Waals surface area contributed by atoms with E-state index >= 15 is 0 Å². The van der Waals surface area contributed by atoms with E-state index in [0.717, 1.165) is 11.9 Å². The lowest BCUT2D eigenvalue weighted by Crippen LogP contribution is -2.49. The molecule has 1 unspecified atom stereocenters. The highest BCUT2D eigenvalue weighted by molar-refractivity contribution is 5.99. The number of anilines is 1. The van der Waals surface area contributed by atoms with Crippen molar-refractivity contribution in [3.63, 3.8) is 0 Å². The summed E-state index contributed by atoms with van der Waals surface area (Å²) >= 11 is 0. The molecule has 3 aliphatic heterocycles. The van der Waals surface area contributed by atoms with Crippen LogP contribution >= 0.6 is 0 Å². The first-order valence-electron chi connectivity index (χ1n) is 17.2. The number of hydrogen-bond acceptors (Lipinski definition) is 8. The van der Waals surface area contributed by atoms with E-state index in [-0.39, 0.29) is 30.9 Å². The summed E-state index contributed by atoms with van der Waals surface area (Å²) in [7, 11) is 3.31. The van der Waals surface area contributed by atoms with Crippen molar-refractivity contribution in [3.05, 3.63) is 83.4 Å². The number of fused-ring (bicyclic) bond motifs is 8. The molecule has 3 aliphatic rings. The van der Waals surface area contributed by atoms with E-state index in [4.69, 9.17) is 14.5 Å². The zero-order valence-corrected chi connectivity index (χ0v) is 28.6. The van der Waals surface area contributed by atoms with Crippen LogP contribution in [-0.4, -0.2) is 98.0 Å². The molecule has 2 amide bonds. The lowest BCUT2D eigenvalue weighted by atomic mass is 10.1. The van der Waals surface area contributed by atoms with Crippen molar-refractivity contribution >= 4 is 28.7 Å². The zero-order chi connectivity index (χ0) is 35.4. The molecule has 1 fully saturated rings. The van der Waals surface area contributed by atoms with Gasteiger partial charge in [0.1, 0.15) is 40.8 Å². The Morgan fingerprint density at radius 3 is 2.75 bits per heavy atom. The van der Waals surface area contributed by atoms with Crippen LogP contribution in [0.1, 0.15) is 41.1 Å². The summed E-state index contributed by atoms with van der Waals surface area (Å²) < 4.78 is 44.6. The summed E-state index contributed by atoms with van der Waals surface area (Å²) in [4.78, 5) is 41.7. The number of amides is 2. The van der Waals surface area contributed by atoms with Gasteiger partial charge in [0.25, 0.3) is 5.91 Å². The smallest absolute Gasteiger partial charge is 0.258 e. The average Bonchev–Trinajstić information content (AvgIpc) is 3.82. The van der Waals surface area contributed by atoms with Crippen molar-refractivity contribution in [2.24, 2.45) is 0 Å². The topological polar surface area (TPSA) is 120 Å². The minimum absolute atomic E-state index is 0.220. The predicted octanol–water partition coefficient (Wildman–Crippen LogP) is 4.77. The number of halogens is 2. The van der Waals surface area contributed by atoms with Crippen LogP contribution < -0.4 is 10.1 Å². The number of benzene rings is 2. The van der Waals surface area contributed by atoms with E-state index in [1.165, 1.54) is 30.5 Å². The van der Waals surface area contributed by atoms with Crippen molar-refractivity contribution < 1.29 is 27.8 Å². The number of hydrogen-bond donors (Lipinski definition) is 1. The van der Waals surface area contributed by atoms with Gasteiger partial charge in [-0.1, -0.05) is 6.07 Å². The molecule has 4 bridgehead atoms.